The molecule has 1 aromatic rings. The Labute approximate surface area is 147 Å². The van der Waals surface area contributed by atoms with Crippen LogP contribution < -0.4 is 9.47 Å². The molecule has 2 amide bonds. The van der Waals surface area contributed by atoms with Gasteiger partial charge in [-0.3, -0.25) is 14.5 Å². The molecular formula is C16H16BrNO4S. The number of ether oxygens (including phenoxy) is 2. The Morgan fingerprint density at radius 2 is 2.00 bits per heavy atom. The number of rotatable bonds is 5. The van der Waals surface area contributed by atoms with Crippen LogP contribution in [-0.4, -0.2) is 29.4 Å². The number of amides is 2. The summed E-state index contributed by atoms with van der Waals surface area (Å²) in [5, 5.41) is -0.200. The molecule has 2 aliphatic heterocycles. The molecular weight excluding hydrogens is 382 g/mol. The predicted molar refractivity (Wildman–Crippen MR) is 92.5 cm³/mol. The molecule has 0 atom stereocenters. The summed E-state index contributed by atoms with van der Waals surface area (Å²) in [5.41, 5.74) is 0.785. The second kappa shape index (κ2) is 6.97. The van der Waals surface area contributed by atoms with Crippen molar-refractivity contribution in [2.75, 3.05) is 13.3 Å². The summed E-state index contributed by atoms with van der Waals surface area (Å²) < 4.78 is 11.4. The molecule has 0 spiro atoms. The van der Waals surface area contributed by atoms with Gasteiger partial charge in [-0.2, -0.15) is 0 Å². The van der Waals surface area contributed by atoms with E-state index in [2.05, 4.69) is 22.9 Å². The lowest BCUT2D eigenvalue weighted by Crippen LogP contribution is -2.29. The molecule has 122 valence electrons. The number of benzene rings is 1. The van der Waals surface area contributed by atoms with Crippen molar-refractivity contribution in [3.05, 3.63) is 27.1 Å². The summed E-state index contributed by atoms with van der Waals surface area (Å²) in [5.74, 6) is 1.09. The summed E-state index contributed by atoms with van der Waals surface area (Å²) in [7, 11) is 0. The van der Waals surface area contributed by atoms with E-state index in [9.17, 15) is 9.59 Å². The minimum atomic E-state index is -0.222. The minimum absolute atomic E-state index is 0.194. The Hall–Kier alpha value is -1.47. The van der Waals surface area contributed by atoms with Crippen LogP contribution in [-0.2, 0) is 4.79 Å². The average Bonchev–Trinajstić information content (AvgIpc) is 3.07. The number of hydrogen-bond donors (Lipinski definition) is 0. The molecule has 0 N–H and O–H groups in total. The van der Waals surface area contributed by atoms with Crippen molar-refractivity contribution in [3.8, 4) is 11.5 Å². The lowest BCUT2D eigenvalue weighted by atomic mass is 10.2. The fourth-order valence-corrected chi connectivity index (χ4v) is 3.69. The number of hydrogen-bond acceptors (Lipinski definition) is 5. The highest BCUT2D eigenvalue weighted by Crippen LogP contribution is 2.39. The van der Waals surface area contributed by atoms with Crippen molar-refractivity contribution in [2.45, 2.75) is 26.2 Å². The number of fused-ring (bicyclic) bond motifs is 1. The van der Waals surface area contributed by atoms with E-state index in [1.807, 2.05) is 0 Å². The van der Waals surface area contributed by atoms with Crippen LogP contribution in [0.2, 0.25) is 0 Å². The van der Waals surface area contributed by atoms with Crippen LogP contribution in [0.1, 0.15) is 31.7 Å². The van der Waals surface area contributed by atoms with E-state index < -0.39 is 0 Å². The second-order valence-corrected chi connectivity index (χ2v) is 7.11. The maximum Gasteiger partial charge on any atom is 0.293 e. The van der Waals surface area contributed by atoms with Gasteiger partial charge in [-0.15, -0.1) is 0 Å². The molecule has 2 heterocycles. The van der Waals surface area contributed by atoms with Crippen molar-refractivity contribution in [1.82, 2.24) is 4.90 Å². The Morgan fingerprint density at radius 1 is 1.26 bits per heavy atom. The molecule has 0 unspecified atom stereocenters. The molecule has 1 fully saturated rings. The van der Waals surface area contributed by atoms with Crippen molar-refractivity contribution < 1.29 is 19.1 Å². The van der Waals surface area contributed by atoms with E-state index in [0.29, 0.717) is 22.9 Å². The summed E-state index contributed by atoms with van der Waals surface area (Å²) in [6.45, 7) is 2.77. The summed E-state index contributed by atoms with van der Waals surface area (Å²) in [4.78, 5) is 26.2. The van der Waals surface area contributed by atoms with Gasteiger partial charge in [0, 0.05) is 11.0 Å². The van der Waals surface area contributed by atoms with Gasteiger partial charge in [-0.25, -0.2) is 0 Å². The van der Waals surface area contributed by atoms with Crippen LogP contribution in [0.3, 0.4) is 0 Å². The smallest absolute Gasteiger partial charge is 0.293 e. The summed E-state index contributed by atoms with van der Waals surface area (Å²) >= 11 is 4.44. The standard InChI is InChI=1S/C16H16BrNO4S/c1-2-3-4-5-18-15(19)14(23-16(18)20)7-10-6-12-13(8-11(10)17)22-9-21-12/h6-8H,2-5,9H2,1H3/b14-7-. The second-order valence-electron chi connectivity index (χ2n) is 5.27. The molecule has 23 heavy (non-hydrogen) atoms. The van der Waals surface area contributed by atoms with Gasteiger partial charge in [0.05, 0.1) is 4.91 Å². The van der Waals surface area contributed by atoms with Crippen LogP contribution in [0.15, 0.2) is 21.5 Å². The highest BCUT2D eigenvalue weighted by molar-refractivity contribution is 9.10. The number of unbranched alkanes of at least 4 members (excludes halogenated alkanes) is 2. The van der Waals surface area contributed by atoms with E-state index in [0.717, 1.165) is 41.1 Å². The number of thioether (sulfide) groups is 1. The number of halogens is 1. The Balaban J connectivity index is 1.81. The molecule has 0 aromatic heterocycles. The van der Waals surface area contributed by atoms with Crippen molar-refractivity contribution in [3.63, 3.8) is 0 Å². The van der Waals surface area contributed by atoms with Crippen LogP contribution in [0.25, 0.3) is 6.08 Å². The maximum absolute atomic E-state index is 12.4. The van der Waals surface area contributed by atoms with Gasteiger partial charge in [0.2, 0.25) is 6.79 Å². The largest absolute Gasteiger partial charge is 0.454 e. The first-order valence-corrected chi connectivity index (χ1v) is 9.05. The van der Waals surface area contributed by atoms with Crippen LogP contribution in [0.4, 0.5) is 4.79 Å². The third-order valence-corrected chi connectivity index (χ3v) is 5.23. The number of imide groups is 1. The number of carbonyl (C=O) groups is 2. The molecule has 1 saturated heterocycles. The molecule has 5 nitrogen and oxygen atoms in total. The summed E-state index contributed by atoms with van der Waals surface area (Å²) in [6, 6.07) is 3.61. The molecule has 2 aliphatic rings. The molecule has 3 rings (SSSR count). The molecule has 0 aliphatic carbocycles. The highest BCUT2D eigenvalue weighted by atomic mass is 79.9. The first kappa shape index (κ1) is 16.4. The highest BCUT2D eigenvalue weighted by Gasteiger charge is 2.34. The lowest BCUT2D eigenvalue weighted by Gasteiger charge is -2.11. The fraction of sp³-hybridized carbons (Fsp3) is 0.375. The molecule has 0 bridgehead atoms. The quantitative estimate of drug-likeness (QED) is 0.544. The van der Waals surface area contributed by atoms with Crippen molar-refractivity contribution in [1.29, 1.82) is 0 Å². The van der Waals surface area contributed by atoms with Gasteiger partial charge >= 0.3 is 0 Å². The minimum Gasteiger partial charge on any atom is -0.454 e. The molecule has 0 radical (unpaired) electrons. The van der Waals surface area contributed by atoms with Gasteiger partial charge in [-0.05, 0) is 42.0 Å². The third-order valence-electron chi connectivity index (χ3n) is 3.64. The SMILES string of the molecule is CCCCCN1C(=O)S/C(=C\c2cc3c(cc2Br)OCO3)C1=O. The first-order chi connectivity index (χ1) is 11.1. The summed E-state index contributed by atoms with van der Waals surface area (Å²) in [6.07, 6.45) is 4.62. The third kappa shape index (κ3) is 3.40. The average molecular weight is 398 g/mol. The van der Waals surface area contributed by atoms with E-state index in [1.165, 1.54) is 4.90 Å². The topological polar surface area (TPSA) is 55.8 Å². The Kier molecular flexibility index (Phi) is 4.96. The van der Waals surface area contributed by atoms with Gasteiger partial charge in [0.15, 0.2) is 11.5 Å². The monoisotopic (exact) mass is 397 g/mol. The van der Waals surface area contributed by atoms with E-state index >= 15 is 0 Å². The van der Waals surface area contributed by atoms with Gasteiger partial charge in [-0.1, -0.05) is 35.7 Å². The van der Waals surface area contributed by atoms with E-state index in [4.69, 9.17) is 9.47 Å². The normalized spacial score (nSPS) is 18.3. The van der Waals surface area contributed by atoms with Crippen LogP contribution in [0.5, 0.6) is 11.5 Å². The van der Waals surface area contributed by atoms with Crippen molar-refractivity contribution in [2.24, 2.45) is 0 Å². The molecule has 1 aromatic carbocycles. The van der Waals surface area contributed by atoms with Gasteiger partial charge in [0.1, 0.15) is 0 Å². The Morgan fingerprint density at radius 3 is 2.74 bits per heavy atom. The first-order valence-electron chi connectivity index (χ1n) is 7.44. The van der Waals surface area contributed by atoms with Gasteiger partial charge in [0.25, 0.3) is 11.1 Å². The zero-order valence-electron chi connectivity index (χ0n) is 12.6. The van der Waals surface area contributed by atoms with E-state index in [-0.39, 0.29) is 17.9 Å². The van der Waals surface area contributed by atoms with E-state index in [1.54, 1.807) is 18.2 Å². The van der Waals surface area contributed by atoms with Gasteiger partial charge < -0.3 is 9.47 Å². The lowest BCUT2D eigenvalue weighted by molar-refractivity contribution is -0.122. The molecule has 7 heteroatoms. The Bertz CT molecular complexity index is 689. The zero-order chi connectivity index (χ0) is 16.4. The number of nitrogens with zero attached hydrogens (tertiary/aromatic N) is 1. The van der Waals surface area contributed by atoms with Crippen LogP contribution in [0, 0.1) is 0 Å². The van der Waals surface area contributed by atoms with Crippen molar-refractivity contribution >= 4 is 44.9 Å². The van der Waals surface area contributed by atoms with Crippen LogP contribution >= 0.6 is 27.7 Å². The number of carbonyl (C=O) groups excluding carboxylic acids is 2. The fourth-order valence-electron chi connectivity index (χ4n) is 2.40. The maximum atomic E-state index is 12.4. The molecule has 0 saturated carbocycles. The predicted octanol–water partition coefficient (Wildman–Crippen LogP) is 4.40. The zero-order valence-corrected chi connectivity index (χ0v) is 15.0.